The quantitative estimate of drug-likeness (QED) is 0.475. The van der Waals surface area contributed by atoms with Crippen LogP contribution in [-0.4, -0.2) is 17.8 Å². The fraction of sp³-hybridized carbons (Fsp3) is 0.278. The first kappa shape index (κ1) is 16.7. The Morgan fingerprint density at radius 1 is 1.30 bits per heavy atom. The lowest BCUT2D eigenvalue weighted by molar-refractivity contribution is -0.144. The summed E-state index contributed by atoms with van der Waals surface area (Å²) in [6, 6.07) is 5.93. The van der Waals surface area contributed by atoms with Crippen molar-refractivity contribution in [2.24, 2.45) is 0 Å². The Hall–Kier alpha value is -2.69. The van der Waals surface area contributed by atoms with Crippen molar-refractivity contribution in [2.75, 3.05) is 0 Å². The molecule has 0 atom stereocenters. The van der Waals surface area contributed by atoms with Gasteiger partial charge in [-0.3, -0.25) is 19.7 Å². The number of carbonyl (C=O) groups excluding carboxylic acids is 3. The minimum absolute atomic E-state index is 0.135. The van der Waals surface area contributed by atoms with E-state index >= 15 is 0 Å². The highest BCUT2D eigenvalue weighted by Crippen LogP contribution is 2.16. The van der Waals surface area contributed by atoms with Crippen molar-refractivity contribution in [3.63, 3.8) is 0 Å². The number of imide groups is 1. The standard InChI is InChI=1S/C18H19NO4/c1-3-5-14-7-6-12(8-13(14)4-2)11-23-17(21)10-15-9-16(20)19-18(15)22/h3,6-9H,1,4-5,10-11H2,2H3,(H,19,20,22). The summed E-state index contributed by atoms with van der Waals surface area (Å²) in [5.41, 5.74) is 3.44. The van der Waals surface area contributed by atoms with Gasteiger partial charge in [0.1, 0.15) is 6.61 Å². The van der Waals surface area contributed by atoms with Crippen LogP contribution < -0.4 is 5.32 Å². The molecule has 1 aliphatic heterocycles. The van der Waals surface area contributed by atoms with Gasteiger partial charge < -0.3 is 4.74 Å². The van der Waals surface area contributed by atoms with E-state index in [1.807, 2.05) is 24.3 Å². The van der Waals surface area contributed by atoms with Crippen LogP contribution in [0.2, 0.25) is 0 Å². The topological polar surface area (TPSA) is 72.5 Å². The Balaban J connectivity index is 1.94. The number of amides is 2. The van der Waals surface area contributed by atoms with Crippen LogP contribution in [0.25, 0.3) is 0 Å². The van der Waals surface area contributed by atoms with Gasteiger partial charge in [0.05, 0.1) is 6.42 Å². The number of aryl methyl sites for hydroxylation is 1. The maximum atomic E-state index is 11.8. The molecule has 0 aliphatic carbocycles. The number of rotatable bonds is 7. The molecule has 5 nitrogen and oxygen atoms in total. The first-order valence-corrected chi connectivity index (χ1v) is 7.46. The second-order valence-corrected chi connectivity index (χ2v) is 5.27. The molecule has 0 aromatic heterocycles. The normalized spacial score (nSPS) is 13.5. The number of esters is 1. The lowest BCUT2D eigenvalue weighted by Gasteiger charge is -2.10. The molecule has 0 radical (unpaired) electrons. The van der Waals surface area contributed by atoms with Crippen LogP contribution in [-0.2, 0) is 38.6 Å². The second-order valence-electron chi connectivity index (χ2n) is 5.27. The minimum atomic E-state index is -0.533. The van der Waals surface area contributed by atoms with E-state index in [1.165, 1.54) is 11.1 Å². The molecule has 0 bridgehead atoms. The van der Waals surface area contributed by atoms with Gasteiger partial charge in [0.15, 0.2) is 0 Å². The van der Waals surface area contributed by atoms with E-state index in [0.29, 0.717) is 0 Å². The first-order valence-electron chi connectivity index (χ1n) is 7.46. The number of hydrogen-bond acceptors (Lipinski definition) is 4. The SMILES string of the molecule is C=CCc1ccc(COC(=O)CC2=CC(=O)NC2=O)cc1CC. The van der Waals surface area contributed by atoms with Crippen LogP contribution in [0.3, 0.4) is 0 Å². The fourth-order valence-corrected chi connectivity index (χ4v) is 2.41. The van der Waals surface area contributed by atoms with Gasteiger partial charge in [0.2, 0.25) is 0 Å². The Labute approximate surface area is 135 Å². The van der Waals surface area contributed by atoms with Crippen LogP contribution in [0.1, 0.15) is 30.0 Å². The van der Waals surface area contributed by atoms with Crippen LogP contribution in [0.15, 0.2) is 42.5 Å². The highest BCUT2D eigenvalue weighted by Gasteiger charge is 2.23. The zero-order chi connectivity index (χ0) is 16.8. The van der Waals surface area contributed by atoms with Crippen LogP contribution >= 0.6 is 0 Å². The summed E-state index contributed by atoms with van der Waals surface area (Å²) in [7, 11) is 0. The molecule has 23 heavy (non-hydrogen) atoms. The lowest BCUT2D eigenvalue weighted by Crippen LogP contribution is -2.23. The summed E-state index contributed by atoms with van der Waals surface area (Å²) >= 11 is 0. The smallest absolute Gasteiger partial charge is 0.310 e. The molecule has 5 heteroatoms. The zero-order valence-electron chi connectivity index (χ0n) is 13.1. The Kier molecular flexibility index (Phi) is 5.46. The zero-order valence-corrected chi connectivity index (χ0v) is 13.1. The molecule has 1 aliphatic rings. The Morgan fingerprint density at radius 2 is 2.09 bits per heavy atom. The molecule has 1 aromatic carbocycles. The molecular weight excluding hydrogens is 294 g/mol. The molecule has 0 spiro atoms. The molecule has 2 amide bonds. The fourth-order valence-electron chi connectivity index (χ4n) is 2.41. The molecular formula is C18H19NO4. The second kappa shape index (κ2) is 7.54. The molecule has 0 saturated carbocycles. The van der Waals surface area contributed by atoms with Crippen molar-refractivity contribution in [1.82, 2.24) is 5.32 Å². The van der Waals surface area contributed by atoms with E-state index in [0.717, 1.165) is 24.5 Å². The number of carbonyl (C=O) groups is 3. The highest BCUT2D eigenvalue weighted by atomic mass is 16.5. The summed E-state index contributed by atoms with van der Waals surface area (Å²) in [4.78, 5) is 34.2. The van der Waals surface area contributed by atoms with Gasteiger partial charge in [-0.1, -0.05) is 31.2 Å². The van der Waals surface area contributed by atoms with Crippen molar-refractivity contribution in [3.05, 3.63) is 59.2 Å². The number of hydrogen-bond donors (Lipinski definition) is 1. The third kappa shape index (κ3) is 4.39. The third-order valence-corrected chi connectivity index (χ3v) is 3.58. The van der Waals surface area contributed by atoms with Gasteiger partial charge in [-0.2, -0.15) is 0 Å². The summed E-state index contributed by atoms with van der Waals surface area (Å²) in [6.45, 7) is 5.95. The molecule has 1 N–H and O–H groups in total. The molecule has 0 saturated heterocycles. The molecule has 2 rings (SSSR count). The monoisotopic (exact) mass is 313 g/mol. The van der Waals surface area contributed by atoms with Gasteiger partial charge >= 0.3 is 5.97 Å². The van der Waals surface area contributed by atoms with Gasteiger partial charge in [-0.05, 0) is 29.5 Å². The van der Waals surface area contributed by atoms with Crippen LogP contribution in [0.5, 0.6) is 0 Å². The Morgan fingerprint density at radius 3 is 2.70 bits per heavy atom. The lowest BCUT2D eigenvalue weighted by atomic mass is 10.00. The molecule has 1 heterocycles. The maximum Gasteiger partial charge on any atom is 0.310 e. The van der Waals surface area contributed by atoms with Gasteiger partial charge in [-0.15, -0.1) is 6.58 Å². The summed E-state index contributed by atoms with van der Waals surface area (Å²) in [5, 5.41) is 2.09. The Bertz CT molecular complexity index is 688. The predicted octanol–water partition coefficient (Wildman–Crippen LogP) is 1.99. The predicted molar refractivity (Wildman–Crippen MR) is 85.4 cm³/mol. The molecule has 0 unspecified atom stereocenters. The number of ether oxygens (including phenoxy) is 1. The van der Waals surface area contributed by atoms with E-state index in [1.54, 1.807) is 0 Å². The van der Waals surface area contributed by atoms with Crippen molar-refractivity contribution in [1.29, 1.82) is 0 Å². The van der Waals surface area contributed by atoms with Crippen molar-refractivity contribution >= 4 is 17.8 Å². The maximum absolute atomic E-state index is 11.8. The third-order valence-electron chi connectivity index (χ3n) is 3.58. The molecule has 120 valence electrons. The number of benzene rings is 1. The summed E-state index contributed by atoms with van der Waals surface area (Å²) < 4.78 is 5.18. The number of nitrogens with one attached hydrogen (secondary N) is 1. The van der Waals surface area contributed by atoms with Gasteiger partial charge in [0, 0.05) is 11.6 Å². The molecule has 1 aromatic rings. The van der Waals surface area contributed by atoms with Crippen molar-refractivity contribution in [2.45, 2.75) is 32.8 Å². The van der Waals surface area contributed by atoms with Crippen LogP contribution in [0, 0.1) is 0 Å². The molecule has 0 fully saturated rings. The summed E-state index contributed by atoms with van der Waals surface area (Å²) in [5.74, 6) is -1.56. The first-order chi connectivity index (χ1) is 11.0. The minimum Gasteiger partial charge on any atom is -0.461 e. The van der Waals surface area contributed by atoms with E-state index in [9.17, 15) is 14.4 Å². The van der Waals surface area contributed by atoms with E-state index < -0.39 is 17.8 Å². The summed E-state index contributed by atoms with van der Waals surface area (Å²) in [6.07, 6.45) is 4.48. The van der Waals surface area contributed by atoms with E-state index in [4.69, 9.17) is 4.74 Å². The van der Waals surface area contributed by atoms with E-state index in [-0.39, 0.29) is 18.6 Å². The van der Waals surface area contributed by atoms with Crippen LogP contribution in [0.4, 0.5) is 0 Å². The van der Waals surface area contributed by atoms with Gasteiger partial charge in [0.25, 0.3) is 11.8 Å². The van der Waals surface area contributed by atoms with Gasteiger partial charge in [-0.25, -0.2) is 0 Å². The van der Waals surface area contributed by atoms with Crippen molar-refractivity contribution in [3.8, 4) is 0 Å². The average Bonchev–Trinajstić information content (AvgIpc) is 2.84. The van der Waals surface area contributed by atoms with Crippen molar-refractivity contribution < 1.29 is 19.1 Å². The average molecular weight is 313 g/mol. The largest absolute Gasteiger partial charge is 0.461 e. The number of allylic oxidation sites excluding steroid dienone is 1. The van der Waals surface area contributed by atoms with E-state index in [2.05, 4.69) is 18.8 Å². The highest BCUT2D eigenvalue weighted by molar-refractivity contribution is 6.17.